The predicted molar refractivity (Wildman–Crippen MR) is 21.4 cm³/mol. The molecule has 0 aliphatic heterocycles. The Labute approximate surface area is 68.5 Å². The molecular formula is CN4O4Pt+2. The van der Waals surface area contributed by atoms with E-state index in [1.807, 2.05) is 0 Å². The molecule has 0 radical (unpaired) electrons. The third-order valence-electron chi connectivity index (χ3n) is 0.399. The summed E-state index contributed by atoms with van der Waals surface area (Å²) in [6.07, 6.45) is 0.736. The van der Waals surface area contributed by atoms with E-state index in [1.165, 1.54) is 0 Å². The van der Waals surface area contributed by atoms with Crippen LogP contribution in [-0.2, 0) is 21.1 Å². The summed E-state index contributed by atoms with van der Waals surface area (Å²) >= 11 is 0. The molecule has 0 aromatic rings. The van der Waals surface area contributed by atoms with Gasteiger partial charge >= 0.3 is 27.3 Å². The third-order valence-corrected chi connectivity index (χ3v) is 0.399. The van der Waals surface area contributed by atoms with Gasteiger partial charge in [0.15, 0.2) is 0 Å². The van der Waals surface area contributed by atoms with Crippen LogP contribution < -0.4 is 0 Å². The van der Waals surface area contributed by atoms with Gasteiger partial charge in [-0.05, 0) is 0 Å². The zero-order valence-corrected chi connectivity index (χ0v) is 6.51. The number of nitriles is 1. The van der Waals surface area contributed by atoms with Crippen molar-refractivity contribution in [3.63, 3.8) is 0 Å². The van der Waals surface area contributed by atoms with Crippen molar-refractivity contribution in [3.05, 3.63) is 20.2 Å². The van der Waals surface area contributed by atoms with Crippen LogP contribution in [0.15, 0.2) is 0 Å². The van der Waals surface area contributed by atoms with Gasteiger partial charge in [0.05, 0.1) is 0 Å². The maximum atomic E-state index is 9.44. The molecule has 0 amide bonds. The number of hydrogen-bond acceptors (Lipinski definition) is 5. The zero-order chi connectivity index (χ0) is 7.44. The van der Waals surface area contributed by atoms with E-state index in [2.05, 4.69) is 0 Å². The molecule has 0 fully saturated rings. The van der Waals surface area contributed by atoms with Crippen LogP contribution in [0.3, 0.4) is 0 Å². The predicted octanol–water partition coefficient (Wildman–Crippen LogP) is -0.850. The number of nitro groups is 2. The number of rotatable bonds is 2. The van der Waals surface area contributed by atoms with E-state index in [4.69, 9.17) is 5.26 Å². The second kappa shape index (κ2) is 4.64. The minimum Gasteiger partial charge on any atom is -0.229 e. The fourth-order valence-corrected chi connectivity index (χ4v) is 0.133. The first kappa shape index (κ1) is 11.6. The molecule has 0 aliphatic carbocycles. The van der Waals surface area contributed by atoms with Crippen LogP contribution in [0.2, 0.25) is 0 Å². The molecule has 0 heterocycles. The monoisotopic (exact) mass is 327 g/mol. The molecule has 0 bridgehead atoms. The summed E-state index contributed by atoms with van der Waals surface area (Å²) in [6.45, 7) is 0. The Bertz CT molecular complexity index is 170. The van der Waals surface area contributed by atoms with Gasteiger partial charge in [0.25, 0.3) is 5.12 Å². The molecule has 8 nitrogen and oxygen atoms in total. The summed E-state index contributed by atoms with van der Waals surface area (Å²) in [4.78, 5) is 18.9. The first-order valence-electron chi connectivity index (χ1n) is 1.58. The number of nitrogens with zero attached hydrogens (tertiary/aromatic N) is 4. The molecule has 0 saturated heterocycles. The summed E-state index contributed by atoms with van der Waals surface area (Å²) in [5.74, 6) is 0. The normalized spacial score (nSPS) is 6.70. The Hall–Kier alpha value is -1.22. The fraction of sp³-hybridized carbons (Fsp3) is 0. The van der Waals surface area contributed by atoms with Crippen LogP contribution in [0.1, 0.15) is 0 Å². The van der Waals surface area contributed by atoms with Crippen LogP contribution >= 0.6 is 0 Å². The van der Waals surface area contributed by atoms with Gasteiger partial charge in [-0.1, -0.05) is 0 Å². The van der Waals surface area contributed by atoms with E-state index in [9.17, 15) is 20.2 Å². The van der Waals surface area contributed by atoms with Gasteiger partial charge in [-0.25, -0.2) is 20.2 Å². The van der Waals surface area contributed by atoms with E-state index in [1.54, 1.807) is 0 Å². The van der Waals surface area contributed by atoms with E-state index < -0.39 is 15.2 Å². The molecule has 10 heavy (non-hydrogen) atoms. The minimum absolute atomic E-state index is 0. The Balaban J connectivity index is 0. The molecule has 0 spiro atoms. The number of hydrazine groups is 2. The second-order valence-corrected chi connectivity index (χ2v) is 0.865. The van der Waals surface area contributed by atoms with Crippen LogP contribution in [-0.4, -0.2) is 15.2 Å². The van der Waals surface area contributed by atoms with Crippen molar-refractivity contribution in [2.45, 2.75) is 0 Å². The molecule has 0 aromatic carbocycles. The fourth-order valence-electron chi connectivity index (χ4n) is 0.133. The molecule has 9 heteroatoms. The van der Waals surface area contributed by atoms with Crippen LogP contribution in [0, 0.1) is 31.7 Å². The molecule has 0 N–H and O–H groups in total. The van der Waals surface area contributed by atoms with Crippen molar-refractivity contribution in [1.82, 2.24) is 5.12 Å². The SMILES string of the molecule is N#CN([N+](=O)[O-])[N+](=O)[O-].[Pt+2]. The van der Waals surface area contributed by atoms with Crippen molar-refractivity contribution in [3.8, 4) is 6.19 Å². The Kier molecular flexibility index (Phi) is 5.36. The molecule has 0 aliphatic rings. The molecule has 0 unspecified atom stereocenters. The molecule has 0 saturated carbocycles. The van der Waals surface area contributed by atoms with Crippen molar-refractivity contribution in [2.24, 2.45) is 0 Å². The summed E-state index contributed by atoms with van der Waals surface area (Å²) < 4.78 is 0. The van der Waals surface area contributed by atoms with E-state index >= 15 is 0 Å². The van der Waals surface area contributed by atoms with Gasteiger partial charge in [-0.3, -0.25) is 0 Å². The Morgan fingerprint density at radius 1 is 1.30 bits per heavy atom. The van der Waals surface area contributed by atoms with Crippen LogP contribution in [0.25, 0.3) is 0 Å². The Morgan fingerprint density at radius 3 is 1.60 bits per heavy atom. The van der Waals surface area contributed by atoms with Crippen molar-refractivity contribution in [1.29, 1.82) is 5.26 Å². The van der Waals surface area contributed by atoms with Crippen molar-refractivity contribution < 1.29 is 31.1 Å². The first-order chi connectivity index (χ1) is 4.09. The minimum atomic E-state index is -1.43. The van der Waals surface area contributed by atoms with Gasteiger partial charge in [0.2, 0.25) is 10.1 Å². The van der Waals surface area contributed by atoms with Crippen molar-refractivity contribution in [2.75, 3.05) is 0 Å². The van der Waals surface area contributed by atoms with E-state index in [0.29, 0.717) is 0 Å². The smallest absolute Gasteiger partial charge is 0.229 e. The van der Waals surface area contributed by atoms with Gasteiger partial charge < -0.3 is 0 Å². The van der Waals surface area contributed by atoms with Gasteiger partial charge in [-0.15, -0.1) is 0 Å². The molecular weight excluding hydrogens is 327 g/mol. The van der Waals surface area contributed by atoms with Gasteiger partial charge in [0.1, 0.15) is 0 Å². The summed E-state index contributed by atoms with van der Waals surface area (Å²) in [7, 11) is 0. The van der Waals surface area contributed by atoms with Crippen LogP contribution in [0.4, 0.5) is 0 Å². The second-order valence-electron chi connectivity index (χ2n) is 0.865. The van der Waals surface area contributed by atoms with E-state index in [0.717, 1.165) is 6.19 Å². The third kappa shape index (κ3) is 2.94. The maximum absolute atomic E-state index is 9.44. The summed E-state index contributed by atoms with van der Waals surface area (Å²) in [6, 6.07) is 0. The molecule has 0 aromatic heterocycles. The van der Waals surface area contributed by atoms with Gasteiger partial charge in [0, 0.05) is 0 Å². The first-order valence-corrected chi connectivity index (χ1v) is 1.58. The molecule has 0 rings (SSSR count). The van der Waals surface area contributed by atoms with Crippen molar-refractivity contribution >= 4 is 0 Å². The zero-order valence-electron chi connectivity index (χ0n) is 4.24. The average Bonchev–Trinajstić information content (AvgIpc) is 1.64. The van der Waals surface area contributed by atoms with Crippen LogP contribution in [0.5, 0.6) is 0 Å². The number of hydrogen-bond donors (Lipinski definition) is 0. The summed E-state index contributed by atoms with van der Waals surface area (Å²) in [5.41, 5.74) is 0. The molecule has 56 valence electrons. The standard InChI is InChI=1S/CN4O4.Pt/c2-1-3(4(6)7)5(8)9;/q;+2. The molecule has 0 atom stereocenters. The van der Waals surface area contributed by atoms with Gasteiger partial charge in [-0.2, -0.15) is 5.26 Å². The van der Waals surface area contributed by atoms with E-state index in [-0.39, 0.29) is 21.1 Å². The maximum Gasteiger partial charge on any atom is 2.00 e. The summed E-state index contributed by atoms with van der Waals surface area (Å²) in [5, 5.41) is 22.9. The quantitative estimate of drug-likeness (QED) is 0.282. The topological polar surface area (TPSA) is 113 Å². The largest absolute Gasteiger partial charge is 2.00 e. The average molecular weight is 327 g/mol. The Morgan fingerprint density at radius 2 is 1.60 bits per heavy atom.